The van der Waals surface area contributed by atoms with E-state index in [4.69, 9.17) is 11.1 Å². The van der Waals surface area contributed by atoms with Crippen molar-refractivity contribution in [1.29, 1.82) is 11.1 Å². The fourth-order valence-corrected chi connectivity index (χ4v) is 0. The molecule has 0 spiro atoms. The molecule has 0 saturated carbocycles. The first kappa shape index (κ1) is 12.1. The largest absolute Gasteiger partial charge is 0.211 e. The standard InChI is InChI=1S/C2H9Si2.K.H2N3/c1-4(2)3;;1-3-2/h4H,3H2,1-2H3;;1-2H/q;;+1. The fraction of sp³-hybridized carbons (Fsp3) is 1.00. The molecule has 0 rings (SSSR count). The normalized spacial score (nSPS) is 8.62. The molecule has 0 aliphatic rings. The van der Waals surface area contributed by atoms with Gasteiger partial charge >= 0.3 is 70.8 Å². The van der Waals surface area contributed by atoms with Crippen molar-refractivity contribution < 1.29 is 0 Å². The van der Waals surface area contributed by atoms with Gasteiger partial charge in [0.2, 0.25) is 4.91 Å². The van der Waals surface area contributed by atoms with Crippen molar-refractivity contribution in [2.45, 2.75) is 13.1 Å². The second kappa shape index (κ2) is 11.2. The van der Waals surface area contributed by atoms with E-state index in [0.717, 1.165) is 0 Å². The number of hydrogen-bond acceptors (Lipinski definition) is 2. The van der Waals surface area contributed by atoms with Crippen LogP contribution in [0.4, 0.5) is 0 Å². The molecule has 0 atom stereocenters. The number of nitrogens with zero attached hydrogens (tertiary/aromatic N) is 1. The molecule has 0 aliphatic carbocycles. The van der Waals surface area contributed by atoms with Crippen molar-refractivity contribution in [3.8, 4) is 0 Å². The Kier molecular flexibility index (Phi) is 17.0. The molecule has 0 unspecified atom stereocenters. The molecule has 42 valence electrons. The molecule has 0 aromatic carbocycles. The first-order valence-electron chi connectivity index (χ1n) is 2.72. The maximum absolute atomic E-state index is 5.50. The van der Waals surface area contributed by atoms with Crippen molar-refractivity contribution in [3.05, 3.63) is 0 Å². The van der Waals surface area contributed by atoms with Crippen LogP contribution in [-0.2, 0) is 0 Å². The summed E-state index contributed by atoms with van der Waals surface area (Å²) >= 11 is 1.29. The zero-order valence-corrected chi connectivity index (χ0v) is 11.4. The van der Waals surface area contributed by atoms with E-state index in [9.17, 15) is 0 Å². The van der Waals surface area contributed by atoms with Crippen LogP contribution < -0.4 is 4.91 Å². The summed E-state index contributed by atoms with van der Waals surface area (Å²) in [5.74, 6) is 0. The molecule has 8 heavy (non-hydrogen) atoms. The minimum atomic E-state index is 0.0725. The van der Waals surface area contributed by atoms with E-state index in [1.165, 1.54) is 47.7 Å². The van der Waals surface area contributed by atoms with Gasteiger partial charge in [-0.1, -0.05) is 0 Å². The van der Waals surface area contributed by atoms with Crippen molar-refractivity contribution >= 4 is 57.7 Å². The molecular formula is C2H11KN3Si2+. The summed E-state index contributed by atoms with van der Waals surface area (Å²) in [5, 5.41) is 0. The smallest absolute Gasteiger partial charge is 0.103 e. The third-order valence-corrected chi connectivity index (χ3v) is 30.3. The molecule has 0 aromatic heterocycles. The van der Waals surface area contributed by atoms with E-state index in [1.54, 1.807) is 0 Å². The Balaban J connectivity index is 0. The molecule has 0 heterocycles. The maximum atomic E-state index is 5.50. The number of rotatable bonds is 1. The molecule has 0 radical (unpaired) electrons. The van der Waals surface area contributed by atoms with Gasteiger partial charge in [-0.3, -0.25) is 0 Å². The predicted octanol–water partition coefficient (Wildman–Crippen LogP) is -0.662. The molecule has 0 aromatic rings. The van der Waals surface area contributed by atoms with Gasteiger partial charge in [-0.15, -0.1) is 0 Å². The summed E-state index contributed by atoms with van der Waals surface area (Å²) in [7, 11) is 0.0725. The van der Waals surface area contributed by atoms with Crippen LogP contribution >= 0.6 is 0 Å². The first-order chi connectivity index (χ1) is 3.68. The number of hydrogen-bond donors (Lipinski definition) is 2. The fourth-order valence-electron chi connectivity index (χ4n) is 0. The van der Waals surface area contributed by atoms with Crippen LogP contribution in [0.25, 0.3) is 0 Å². The van der Waals surface area contributed by atoms with Crippen LogP contribution in [0, 0.1) is 11.1 Å². The molecular weight excluding hydrogens is 161 g/mol. The summed E-state index contributed by atoms with van der Waals surface area (Å²) in [6.45, 7) is 4.94. The third kappa shape index (κ3) is 26.3. The van der Waals surface area contributed by atoms with E-state index in [0.29, 0.717) is 1.72 Å². The molecule has 2 N–H and O–H groups in total. The van der Waals surface area contributed by atoms with E-state index in [1.807, 2.05) is 4.91 Å². The van der Waals surface area contributed by atoms with Crippen molar-refractivity contribution in [3.63, 3.8) is 0 Å². The van der Waals surface area contributed by atoms with Gasteiger partial charge in [0.25, 0.3) is 0 Å². The minimum absolute atomic E-state index is 0.0725. The Hall–Kier alpha value is 1.38. The molecule has 3 nitrogen and oxygen atoms in total. The molecule has 6 heteroatoms. The maximum Gasteiger partial charge on any atom is 0.211 e. The Labute approximate surface area is 85.1 Å². The van der Waals surface area contributed by atoms with Crippen LogP contribution in [0.5, 0.6) is 0 Å². The van der Waals surface area contributed by atoms with Crippen LogP contribution in [0.2, 0.25) is 13.1 Å². The van der Waals surface area contributed by atoms with Gasteiger partial charge in [0.15, 0.2) is 0 Å². The Bertz CT molecular complexity index is 69.7. The second-order valence-corrected chi connectivity index (χ2v) is 24.3. The van der Waals surface area contributed by atoms with Crippen molar-refractivity contribution in [2.24, 2.45) is 0 Å². The Morgan fingerprint density at radius 2 is 1.62 bits per heavy atom. The van der Waals surface area contributed by atoms with E-state index < -0.39 is 0 Å². The van der Waals surface area contributed by atoms with Crippen LogP contribution in [-0.4, -0.2) is 57.7 Å². The summed E-state index contributed by atoms with van der Waals surface area (Å²) in [6, 6.07) is 0. The Morgan fingerprint density at radius 1 is 1.50 bits per heavy atom. The summed E-state index contributed by atoms with van der Waals surface area (Å²) < 4.78 is 0.675. The van der Waals surface area contributed by atoms with Gasteiger partial charge in [-0.05, 0) is 0 Å². The van der Waals surface area contributed by atoms with Crippen LogP contribution in [0.1, 0.15) is 0 Å². The van der Waals surface area contributed by atoms with Gasteiger partial charge in [0.1, 0.15) is 11.1 Å². The van der Waals surface area contributed by atoms with Crippen molar-refractivity contribution in [1.82, 2.24) is 4.91 Å². The molecule has 0 saturated heterocycles. The van der Waals surface area contributed by atoms with Crippen LogP contribution in [0.3, 0.4) is 0 Å². The summed E-state index contributed by atoms with van der Waals surface area (Å²) in [4.78, 5) is 2.00. The molecule has 0 amide bonds. The minimum Gasteiger partial charge on any atom is 0.103 e. The number of nitrogens with one attached hydrogen (secondary N) is 2. The average Bonchev–Trinajstić information content (AvgIpc) is 1.69. The van der Waals surface area contributed by atoms with E-state index in [2.05, 4.69) is 13.1 Å². The van der Waals surface area contributed by atoms with Gasteiger partial charge in [-0.25, -0.2) is 0 Å². The zero-order valence-electron chi connectivity index (χ0n) is 5.73. The van der Waals surface area contributed by atoms with Gasteiger partial charge < -0.3 is 0 Å². The average molecular weight is 172 g/mol. The van der Waals surface area contributed by atoms with Gasteiger partial charge in [0, 0.05) is 0 Å². The first-order valence-corrected chi connectivity index (χ1v) is 16.3. The molecule has 0 fully saturated rings. The third-order valence-electron chi connectivity index (χ3n) is 0.816. The predicted molar refractivity (Wildman–Crippen MR) is 40.7 cm³/mol. The van der Waals surface area contributed by atoms with Crippen LogP contribution in [0.15, 0.2) is 0 Å². The SMILES string of the molecule is C[SiH](C)[SiH2][K].N=[N+]=N. The van der Waals surface area contributed by atoms with Gasteiger partial charge in [-0.2, -0.15) is 0 Å². The second-order valence-electron chi connectivity index (χ2n) is 1.91. The molecule has 0 bridgehead atoms. The zero-order chi connectivity index (χ0) is 6.99. The van der Waals surface area contributed by atoms with Gasteiger partial charge in [0.05, 0.1) is 0 Å². The monoisotopic (exact) mass is 172 g/mol. The molecule has 0 aliphatic heterocycles. The topological polar surface area (TPSA) is 61.8 Å². The Morgan fingerprint density at radius 3 is 1.62 bits per heavy atom. The van der Waals surface area contributed by atoms with E-state index >= 15 is 0 Å². The summed E-state index contributed by atoms with van der Waals surface area (Å²) in [5.41, 5.74) is 11.0. The van der Waals surface area contributed by atoms with Crippen molar-refractivity contribution in [2.75, 3.05) is 0 Å². The summed E-state index contributed by atoms with van der Waals surface area (Å²) in [6.07, 6.45) is 0. The quantitative estimate of drug-likeness (QED) is 0.300. The van der Waals surface area contributed by atoms with E-state index in [-0.39, 0.29) is 8.31 Å².